The van der Waals surface area contributed by atoms with E-state index in [1.165, 1.54) is 25.7 Å². The van der Waals surface area contributed by atoms with E-state index in [0.717, 1.165) is 18.8 Å². The van der Waals surface area contributed by atoms with Crippen LogP contribution in [0.2, 0.25) is 0 Å². The third kappa shape index (κ3) is 1.52. The fourth-order valence-corrected chi connectivity index (χ4v) is 3.67. The molecule has 3 unspecified atom stereocenters. The quantitative estimate of drug-likeness (QED) is 0.589. The maximum atomic E-state index is 10.0. The summed E-state index contributed by atoms with van der Waals surface area (Å²) in [7, 11) is 0. The number of hydrogen-bond acceptors (Lipinski definition) is 1. The van der Waals surface area contributed by atoms with Gasteiger partial charge >= 0.3 is 0 Å². The van der Waals surface area contributed by atoms with Gasteiger partial charge in [0.2, 0.25) is 0 Å². The van der Waals surface area contributed by atoms with Crippen LogP contribution in [0.3, 0.4) is 0 Å². The highest BCUT2D eigenvalue weighted by Crippen LogP contribution is 2.51. The summed E-state index contributed by atoms with van der Waals surface area (Å²) in [5.74, 6) is 0.812. The van der Waals surface area contributed by atoms with Crippen LogP contribution in [0.15, 0.2) is 0 Å². The number of hydrogen-bond donors (Lipinski definition) is 1. The molecule has 2 fully saturated rings. The molecule has 2 rings (SSSR count). The van der Waals surface area contributed by atoms with Crippen LogP contribution in [0.1, 0.15) is 52.4 Å². The van der Waals surface area contributed by atoms with E-state index in [2.05, 4.69) is 6.92 Å². The maximum Gasteiger partial charge on any atom is 0.0627 e. The Morgan fingerprint density at radius 1 is 1.25 bits per heavy atom. The average Bonchev–Trinajstić information content (AvgIpc) is 1.79. The molecule has 0 aliphatic heterocycles. The number of fused-ring (bicyclic) bond motifs is 2. The molecule has 1 nitrogen and oxygen atoms in total. The third-order valence-corrected chi connectivity index (χ3v) is 3.71. The van der Waals surface area contributed by atoms with E-state index in [9.17, 15) is 5.11 Å². The van der Waals surface area contributed by atoms with Crippen LogP contribution in [0, 0.1) is 11.3 Å². The Balaban J connectivity index is 2.16. The Hall–Kier alpha value is -0.0400. The first kappa shape index (κ1) is 8.55. The third-order valence-electron chi connectivity index (χ3n) is 3.71. The first-order valence-corrected chi connectivity index (χ1v) is 5.22. The van der Waals surface area contributed by atoms with E-state index in [1.807, 2.05) is 6.92 Å². The summed E-state index contributed by atoms with van der Waals surface area (Å²) < 4.78 is 0. The van der Waals surface area contributed by atoms with Crippen molar-refractivity contribution in [2.75, 3.05) is 0 Å². The predicted octanol–water partition coefficient (Wildman–Crippen LogP) is 2.73. The Morgan fingerprint density at radius 3 is 2.67 bits per heavy atom. The minimum Gasteiger partial charge on any atom is -0.390 e. The lowest BCUT2D eigenvalue weighted by atomic mass is 9.59. The van der Waals surface area contributed by atoms with Crippen LogP contribution in [-0.4, -0.2) is 10.7 Å². The SMILES string of the molecule is CC1(O)CC2CCCC(C)(C2)C1. The molecule has 0 heterocycles. The molecule has 0 aromatic rings. The van der Waals surface area contributed by atoms with Crippen molar-refractivity contribution < 1.29 is 5.11 Å². The largest absolute Gasteiger partial charge is 0.390 e. The zero-order valence-corrected chi connectivity index (χ0v) is 8.27. The Morgan fingerprint density at radius 2 is 2.00 bits per heavy atom. The minimum atomic E-state index is -0.363. The molecule has 2 saturated carbocycles. The molecule has 0 aromatic carbocycles. The first-order chi connectivity index (χ1) is 5.49. The highest BCUT2D eigenvalue weighted by molar-refractivity contribution is 4.96. The van der Waals surface area contributed by atoms with Gasteiger partial charge in [-0.15, -0.1) is 0 Å². The van der Waals surface area contributed by atoms with Gasteiger partial charge in [0.05, 0.1) is 5.60 Å². The van der Waals surface area contributed by atoms with Gasteiger partial charge in [0.1, 0.15) is 0 Å². The van der Waals surface area contributed by atoms with E-state index < -0.39 is 0 Å². The molecule has 3 atom stereocenters. The van der Waals surface area contributed by atoms with Crippen LogP contribution in [0.25, 0.3) is 0 Å². The van der Waals surface area contributed by atoms with Crippen LogP contribution >= 0.6 is 0 Å². The van der Waals surface area contributed by atoms with E-state index in [4.69, 9.17) is 0 Å². The lowest BCUT2D eigenvalue weighted by Gasteiger charge is -2.49. The fourth-order valence-electron chi connectivity index (χ4n) is 3.67. The van der Waals surface area contributed by atoms with Gasteiger partial charge in [0.15, 0.2) is 0 Å². The molecule has 70 valence electrons. The van der Waals surface area contributed by atoms with Crippen molar-refractivity contribution in [1.29, 1.82) is 0 Å². The molecule has 0 radical (unpaired) electrons. The molecule has 0 saturated heterocycles. The fraction of sp³-hybridized carbons (Fsp3) is 1.00. The Labute approximate surface area is 75.2 Å². The summed E-state index contributed by atoms with van der Waals surface area (Å²) in [6.07, 6.45) is 7.50. The van der Waals surface area contributed by atoms with Gasteiger partial charge in [0, 0.05) is 0 Å². The number of rotatable bonds is 0. The van der Waals surface area contributed by atoms with Gasteiger partial charge in [-0.1, -0.05) is 19.8 Å². The molecule has 2 bridgehead atoms. The Kier molecular flexibility index (Phi) is 1.76. The molecule has 12 heavy (non-hydrogen) atoms. The summed E-state index contributed by atoms with van der Waals surface area (Å²) in [6.45, 7) is 4.37. The highest BCUT2D eigenvalue weighted by Gasteiger charge is 2.44. The van der Waals surface area contributed by atoms with Gasteiger partial charge in [0.25, 0.3) is 0 Å². The van der Waals surface area contributed by atoms with Crippen molar-refractivity contribution in [3.05, 3.63) is 0 Å². The summed E-state index contributed by atoms with van der Waals surface area (Å²) >= 11 is 0. The summed E-state index contributed by atoms with van der Waals surface area (Å²) in [5.41, 5.74) is 0.1000. The van der Waals surface area contributed by atoms with Crippen LogP contribution in [0.4, 0.5) is 0 Å². The van der Waals surface area contributed by atoms with Gasteiger partial charge in [-0.05, 0) is 43.9 Å². The number of aliphatic hydroxyl groups is 1. The van der Waals surface area contributed by atoms with Crippen molar-refractivity contribution in [3.63, 3.8) is 0 Å². The second-order valence-corrected chi connectivity index (χ2v) is 5.65. The molecule has 0 aromatic heterocycles. The smallest absolute Gasteiger partial charge is 0.0627 e. The molecular formula is C11H20O. The molecule has 0 amide bonds. The molecule has 1 heteroatoms. The van der Waals surface area contributed by atoms with Gasteiger partial charge in [-0.3, -0.25) is 0 Å². The van der Waals surface area contributed by atoms with Crippen LogP contribution in [-0.2, 0) is 0 Å². The predicted molar refractivity (Wildman–Crippen MR) is 49.9 cm³/mol. The maximum absolute atomic E-state index is 10.0. The summed E-state index contributed by atoms with van der Waals surface area (Å²) in [5, 5.41) is 10.0. The van der Waals surface area contributed by atoms with Crippen LogP contribution in [0.5, 0.6) is 0 Å². The first-order valence-electron chi connectivity index (χ1n) is 5.22. The van der Waals surface area contributed by atoms with Gasteiger partial charge in [-0.2, -0.15) is 0 Å². The molecular weight excluding hydrogens is 148 g/mol. The monoisotopic (exact) mass is 168 g/mol. The summed E-state index contributed by atoms with van der Waals surface area (Å²) in [4.78, 5) is 0. The molecule has 2 aliphatic carbocycles. The van der Waals surface area contributed by atoms with E-state index in [1.54, 1.807) is 0 Å². The highest BCUT2D eigenvalue weighted by atomic mass is 16.3. The van der Waals surface area contributed by atoms with E-state index in [0.29, 0.717) is 5.41 Å². The lowest BCUT2D eigenvalue weighted by molar-refractivity contribution is -0.0727. The Bertz CT molecular complexity index is 183. The molecule has 1 N–H and O–H groups in total. The zero-order valence-electron chi connectivity index (χ0n) is 8.27. The zero-order chi connectivity index (χ0) is 8.82. The molecule has 2 aliphatic rings. The minimum absolute atomic E-state index is 0.363. The lowest BCUT2D eigenvalue weighted by Crippen LogP contribution is -2.43. The van der Waals surface area contributed by atoms with E-state index >= 15 is 0 Å². The van der Waals surface area contributed by atoms with Gasteiger partial charge in [-0.25, -0.2) is 0 Å². The van der Waals surface area contributed by atoms with Crippen molar-refractivity contribution in [3.8, 4) is 0 Å². The molecule has 0 spiro atoms. The van der Waals surface area contributed by atoms with Crippen molar-refractivity contribution in [1.82, 2.24) is 0 Å². The normalized spacial score (nSPS) is 53.8. The van der Waals surface area contributed by atoms with E-state index in [-0.39, 0.29) is 5.60 Å². The van der Waals surface area contributed by atoms with Gasteiger partial charge < -0.3 is 5.11 Å². The topological polar surface area (TPSA) is 20.2 Å². The van der Waals surface area contributed by atoms with Crippen LogP contribution < -0.4 is 0 Å². The standard InChI is InChI=1S/C11H20O/c1-10-5-3-4-9(6-10)7-11(2,12)8-10/h9,12H,3-8H2,1-2H3. The average molecular weight is 168 g/mol. The van der Waals surface area contributed by atoms with Crippen molar-refractivity contribution in [2.45, 2.75) is 58.0 Å². The van der Waals surface area contributed by atoms with Crippen molar-refractivity contribution in [2.24, 2.45) is 11.3 Å². The second-order valence-electron chi connectivity index (χ2n) is 5.65. The van der Waals surface area contributed by atoms with Crippen molar-refractivity contribution >= 4 is 0 Å². The second kappa shape index (κ2) is 2.47. The summed E-state index contributed by atoms with van der Waals surface area (Å²) in [6, 6.07) is 0.